The molecule has 114 valence electrons. The molecule has 2 atom stereocenters. The number of hydrogen-bond acceptors (Lipinski definition) is 3. The van der Waals surface area contributed by atoms with Crippen molar-refractivity contribution in [3.63, 3.8) is 0 Å². The molecule has 0 fully saturated rings. The molecule has 21 heavy (non-hydrogen) atoms. The number of hydrogen-bond donors (Lipinski definition) is 1. The van der Waals surface area contributed by atoms with Crippen LogP contribution in [-0.2, 0) is 11.3 Å². The molecule has 1 rings (SSSR count). The summed E-state index contributed by atoms with van der Waals surface area (Å²) in [7, 11) is 1.91. The van der Waals surface area contributed by atoms with Gasteiger partial charge in [0.05, 0.1) is 12.1 Å². The van der Waals surface area contributed by atoms with E-state index < -0.39 is 5.54 Å². The zero-order chi connectivity index (χ0) is 16.0. The van der Waals surface area contributed by atoms with Crippen LogP contribution >= 0.6 is 0 Å². The van der Waals surface area contributed by atoms with Gasteiger partial charge in [0.15, 0.2) is 0 Å². The maximum Gasteiger partial charge on any atom is 0.238 e. The summed E-state index contributed by atoms with van der Waals surface area (Å²) in [5.74, 6) is -0.0655. The number of carbonyl (C=O) groups is 1. The molecule has 1 amide bonds. The maximum atomic E-state index is 12.3. The Morgan fingerprint density at radius 1 is 1.33 bits per heavy atom. The second-order valence-electron chi connectivity index (χ2n) is 6.03. The highest BCUT2D eigenvalue weighted by atomic mass is 16.2. The average Bonchev–Trinajstić information content (AvgIpc) is 2.46. The van der Waals surface area contributed by atoms with Gasteiger partial charge in [-0.25, -0.2) is 0 Å². The first-order valence-electron chi connectivity index (χ1n) is 7.27. The molecule has 0 aromatic heterocycles. The van der Waals surface area contributed by atoms with Crippen molar-refractivity contribution in [3.05, 3.63) is 35.9 Å². The molecule has 0 aliphatic heterocycles. The summed E-state index contributed by atoms with van der Waals surface area (Å²) in [4.78, 5) is 14.3. The largest absolute Gasteiger partial charge is 0.336 e. The molecule has 0 aliphatic rings. The van der Waals surface area contributed by atoms with E-state index in [1.807, 2.05) is 63.1 Å². The van der Waals surface area contributed by atoms with Gasteiger partial charge in [0.1, 0.15) is 5.54 Å². The van der Waals surface area contributed by atoms with Crippen molar-refractivity contribution in [1.29, 1.82) is 5.26 Å². The fourth-order valence-corrected chi connectivity index (χ4v) is 1.87. The van der Waals surface area contributed by atoms with Crippen molar-refractivity contribution in [3.8, 4) is 6.07 Å². The topological polar surface area (TPSA) is 56.1 Å². The van der Waals surface area contributed by atoms with Crippen LogP contribution < -0.4 is 5.32 Å². The smallest absolute Gasteiger partial charge is 0.238 e. The van der Waals surface area contributed by atoms with E-state index in [0.717, 1.165) is 5.56 Å². The second-order valence-corrected chi connectivity index (χ2v) is 6.03. The van der Waals surface area contributed by atoms with Crippen molar-refractivity contribution >= 4 is 5.91 Å². The van der Waals surface area contributed by atoms with Crippen LogP contribution in [0.1, 0.15) is 33.3 Å². The minimum Gasteiger partial charge on any atom is -0.336 e. The maximum absolute atomic E-state index is 12.3. The zero-order valence-electron chi connectivity index (χ0n) is 13.6. The number of likely N-dealkylation sites (N-methyl/N-ethyl adjacent to an activating group) is 1. The summed E-state index contributed by atoms with van der Waals surface area (Å²) in [6.45, 7) is 8.18. The molecule has 0 unspecified atom stereocenters. The molecular formula is C17H25N3O. The van der Waals surface area contributed by atoms with Crippen molar-refractivity contribution in [1.82, 2.24) is 10.2 Å². The summed E-state index contributed by atoms with van der Waals surface area (Å²) < 4.78 is 0. The van der Waals surface area contributed by atoms with Gasteiger partial charge in [0.25, 0.3) is 0 Å². The number of rotatable bonds is 6. The van der Waals surface area contributed by atoms with Crippen LogP contribution in [0, 0.1) is 17.2 Å². The lowest BCUT2D eigenvalue weighted by Crippen LogP contribution is -2.54. The molecule has 0 saturated carbocycles. The first kappa shape index (κ1) is 17.2. The molecule has 0 spiro atoms. The summed E-state index contributed by atoms with van der Waals surface area (Å²) in [6.07, 6.45) is 0. The minimum absolute atomic E-state index is 0.0538. The van der Waals surface area contributed by atoms with Gasteiger partial charge in [-0.1, -0.05) is 44.2 Å². The molecule has 1 aromatic carbocycles. The third-order valence-corrected chi connectivity index (χ3v) is 4.09. The Kier molecular flexibility index (Phi) is 5.92. The third kappa shape index (κ3) is 4.57. The highest BCUT2D eigenvalue weighted by Crippen LogP contribution is 2.16. The molecule has 0 aliphatic carbocycles. The van der Waals surface area contributed by atoms with Crippen molar-refractivity contribution in [2.24, 2.45) is 5.92 Å². The van der Waals surface area contributed by atoms with E-state index in [-0.39, 0.29) is 17.9 Å². The molecule has 4 heteroatoms. The summed E-state index contributed by atoms with van der Waals surface area (Å²) in [5.41, 5.74) is 0.324. The fraction of sp³-hybridized carbons (Fsp3) is 0.529. The quantitative estimate of drug-likeness (QED) is 0.875. The second kappa shape index (κ2) is 7.24. The zero-order valence-corrected chi connectivity index (χ0v) is 13.6. The van der Waals surface area contributed by atoms with Crippen LogP contribution in [0.15, 0.2) is 30.3 Å². The highest BCUT2D eigenvalue weighted by Gasteiger charge is 2.32. The van der Waals surface area contributed by atoms with Crippen molar-refractivity contribution in [2.75, 3.05) is 7.05 Å². The van der Waals surface area contributed by atoms with E-state index in [9.17, 15) is 10.1 Å². The highest BCUT2D eigenvalue weighted by molar-refractivity contribution is 5.82. The number of nitriles is 1. The Labute approximate surface area is 127 Å². The van der Waals surface area contributed by atoms with E-state index >= 15 is 0 Å². The predicted octanol–water partition coefficient (Wildman–Crippen LogP) is 2.56. The Bertz CT molecular complexity index is 507. The Morgan fingerprint density at radius 2 is 1.90 bits per heavy atom. The SMILES string of the molecule is CC(C)[C@@](C)(C#N)NC(=O)[C@@H](C)N(C)Cc1ccccc1. The van der Waals surface area contributed by atoms with E-state index in [1.165, 1.54) is 0 Å². The van der Waals surface area contributed by atoms with Crippen LogP contribution in [-0.4, -0.2) is 29.4 Å². The van der Waals surface area contributed by atoms with Gasteiger partial charge in [-0.2, -0.15) is 5.26 Å². The minimum atomic E-state index is -0.834. The van der Waals surface area contributed by atoms with Crippen LogP contribution in [0.5, 0.6) is 0 Å². The van der Waals surface area contributed by atoms with E-state index in [1.54, 1.807) is 6.92 Å². The number of benzene rings is 1. The van der Waals surface area contributed by atoms with E-state index in [0.29, 0.717) is 6.54 Å². The number of nitrogens with zero attached hydrogens (tertiary/aromatic N) is 2. The standard InChI is InChI=1S/C17H25N3O/c1-13(2)17(4,12-18)19-16(21)14(3)20(5)11-15-9-7-6-8-10-15/h6-10,13-14H,11H2,1-5H3,(H,19,21)/t14-,17-/m1/s1. The van der Waals surface area contributed by atoms with Crippen molar-refractivity contribution in [2.45, 2.75) is 45.8 Å². The van der Waals surface area contributed by atoms with Crippen LogP contribution in [0.3, 0.4) is 0 Å². The van der Waals surface area contributed by atoms with Gasteiger partial charge in [-0.05, 0) is 32.4 Å². The lowest BCUT2D eigenvalue weighted by atomic mass is 9.90. The molecular weight excluding hydrogens is 262 g/mol. The van der Waals surface area contributed by atoms with Gasteiger partial charge in [0, 0.05) is 6.54 Å². The van der Waals surface area contributed by atoms with Crippen molar-refractivity contribution < 1.29 is 4.79 Å². The molecule has 0 saturated heterocycles. The van der Waals surface area contributed by atoms with Crippen LogP contribution in [0.25, 0.3) is 0 Å². The van der Waals surface area contributed by atoms with Gasteiger partial charge in [-0.15, -0.1) is 0 Å². The molecule has 0 bridgehead atoms. The lowest BCUT2D eigenvalue weighted by Gasteiger charge is -2.31. The van der Waals surface area contributed by atoms with Gasteiger partial charge < -0.3 is 5.32 Å². The number of amides is 1. The first-order valence-corrected chi connectivity index (χ1v) is 7.27. The summed E-state index contributed by atoms with van der Waals surface area (Å²) in [5, 5.41) is 12.1. The Balaban J connectivity index is 2.68. The van der Waals surface area contributed by atoms with Gasteiger partial charge >= 0.3 is 0 Å². The fourth-order valence-electron chi connectivity index (χ4n) is 1.87. The monoisotopic (exact) mass is 287 g/mol. The molecule has 4 nitrogen and oxygen atoms in total. The van der Waals surface area contributed by atoms with Crippen LogP contribution in [0.4, 0.5) is 0 Å². The average molecular weight is 287 g/mol. The Hall–Kier alpha value is -1.86. The lowest BCUT2D eigenvalue weighted by molar-refractivity contribution is -0.127. The van der Waals surface area contributed by atoms with E-state index in [2.05, 4.69) is 11.4 Å². The van der Waals surface area contributed by atoms with Crippen LogP contribution in [0.2, 0.25) is 0 Å². The van der Waals surface area contributed by atoms with Gasteiger partial charge in [0.2, 0.25) is 5.91 Å². The van der Waals surface area contributed by atoms with Gasteiger partial charge in [-0.3, -0.25) is 9.69 Å². The normalized spacial score (nSPS) is 15.3. The molecule has 1 N–H and O–H groups in total. The first-order chi connectivity index (χ1) is 9.80. The summed E-state index contributed by atoms with van der Waals surface area (Å²) >= 11 is 0. The molecule has 0 heterocycles. The third-order valence-electron chi connectivity index (χ3n) is 4.09. The van der Waals surface area contributed by atoms with E-state index in [4.69, 9.17) is 0 Å². The summed E-state index contributed by atoms with van der Waals surface area (Å²) in [6, 6.07) is 11.9. The molecule has 1 aromatic rings. The molecule has 0 radical (unpaired) electrons. The Morgan fingerprint density at radius 3 is 2.38 bits per heavy atom. The number of nitrogens with one attached hydrogen (secondary N) is 1. The predicted molar refractivity (Wildman–Crippen MR) is 84.4 cm³/mol. The number of carbonyl (C=O) groups excluding carboxylic acids is 1.